The molecule has 0 aromatic rings. The van der Waals surface area contributed by atoms with E-state index in [0.717, 1.165) is 32.5 Å². The van der Waals surface area contributed by atoms with Gasteiger partial charge in [0.15, 0.2) is 0 Å². The van der Waals surface area contributed by atoms with E-state index in [1.54, 1.807) is 0 Å². The molecule has 3 heteroatoms. The average Bonchev–Trinajstić information content (AvgIpc) is 2.85. The Kier molecular flexibility index (Phi) is 3.24. The van der Waals surface area contributed by atoms with Crippen LogP contribution in [0.5, 0.6) is 0 Å². The van der Waals surface area contributed by atoms with E-state index in [4.69, 9.17) is 4.74 Å². The molecule has 2 heterocycles. The summed E-state index contributed by atoms with van der Waals surface area (Å²) in [7, 11) is 0. The van der Waals surface area contributed by atoms with E-state index in [1.165, 1.54) is 0 Å². The first-order chi connectivity index (χ1) is 7.53. The first-order valence-corrected chi connectivity index (χ1v) is 6.39. The van der Waals surface area contributed by atoms with Crippen molar-refractivity contribution in [2.24, 2.45) is 17.3 Å². The Bertz CT molecular complexity index is 271. The van der Waals surface area contributed by atoms with Gasteiger partial charge in [0.1, 0.15) is 0 Å². The van der Waals surface area contributed by atoms with E-state index < -0.39 is 0 Å². The number of rotatable bonds is 2. The highest BCUT2D eigenvalue weighted by Gasteiger charge is 2.40. The SMILES string of the molecule is CC(C)[C@@]1(C)CCN(C(=O)[C@@H]2CCOC2)C1. The van der Waals surface area contributed by atoms with Crippen LogP contribution in [-0.4, -0.2) is 37.1 Å². The number of carbonyl (C=O) groups excluding carboxylic acids is 1. The van der Waals surface area contributed by atoms with Gasteiger partial charge in [0.2, 0.25) is 5.91 Å². The van der Waals surface area contributed by atoms with Gasteiger partial charge in [0.25, 0.3) is 0 Å². The second-order valence-corrected chi connectivity index (χ2v) is 5.88. The largest absolute Gasteiger partial charge is 0.381 e. The van der Waals surface area contributed by atoms with Crippen LogP contribution in [0.2, 0.25) is 0 Å². The van der Waals surface area contributed by atoms with E-state index in [-0.39, 0.29) is 5.92 Å². The molecule has 2 fully saturated rings. The number of ether oxygens (including phenoxy) is 1. The third-order valence-corrected chi connectivity index (χ3v) is 4.49. The van der Waals surface area contributed by atoms with Gasteiger partial charge in [-0.25, -0.2) is 0 Å². The van der Waals surface area contributed by atoms with Crippen LogP contribution in [0, 0.1) is 17.3 Å². The highest BCUT2D eigenvalue weighted by molar-refractivity contribution is 5.79. The Balaban J connectivity index is 1.95. The zero-order valence-electron chi connectivity index (χ0n) is 10.7. The summed E-state index contributed by atoms with van der Waals surface area (Å²) < 4.78 is 5.29. The summed E-state index contributed by atoms with van der Waals surface area (Å²) in [6, 6.07) is 0. The van der Waals surface area contributed by atoms with Crippen LogP contribution in [0.1, 0.15) is 33.6 Å². The van der Waals surface area contributed by atoms with Crippen LogP contribution in [0.4, 0.5) is 0 Å². The fraction of sp³-hybridized carbons (Fsp3) is 0.923. The number of hydrogen-bond acceptors (Lipinski definition) is 2. The van der Waals surface area contributed by atoms with Crippen molar-refractivity contribution in [1.82, 2.24) is 4.90 Å². The topological polar surface area (TPSA) is 29.5 Å². The minimum Gasteiger partial charge on any atom is -0.381 e. The molecule has 16 heavy (non-hydrogen) atoms. The molecular formula is C13H23NO2. The molecule has 0 unspecified atom stereocenters. The van der Waals surface area contributed by atoms with Gasteiger partial charge in [0.05, 0.1) is 12.5 Å². The predicted octanol–water partition coefficient (Wildman–Crippen LogP) is 1.92. The number of amides is 1. The molecular weight excluding hydrogens is 202 g/mol. The highest BCUT2D eigenvalue weighted by Crippen LogP contribution is 2.37. The smallest absolute Gasteiger partial charge is 0.228 e. The fourth-order valence-corrected chi connectivity index (χ4v) is 2.63. The third-order valence-electron chi connectivity index (χ3n) is 4.49. The van der Waals surface area contributed by atoms with Crippen LogP contribution in [-0.2, 0) is 9.53 Å². The first kappa shape index (κ1) is 11.9. The van der Waals surface area contributed by atoms with Crippen LogP contribution < -0.4 is 0 Å². The van der Waals surface area contributed by atoms with Gasteiger partial charge in [-0.1, -0.05) is 20.8 Å². The second kappa shape index (κ2) is 4.36. The molecule has 3 nitrogen and oxygen atoms in total. The lowest BCUT2D eigenvalue weighted by Gasteiger charge is -2.29. The van der Waals surface area contributed by atoms with Gasteiger partial charge in [-0.05, 0) is 24.2 Å². The molecule has 0 radical (unpaired) electrons. The Morgan fingerprint density at radius 1 is 1.50 bits per heavy atom. The molecule has 2 atom stereocenters. The third kappa shape index (κ3) is 2.10. The summed E-state index contributed by atoms with van der Waals surface area (Å²) in [6.07, 6.45) is 2.05. The van der Waals surface area contributed by atoms with E-state index in [2.05, 4.69) is 25.7 Å². The monoisotopic (exact) mass is 225 g/mol. The van der Waals surface area contributed by atoms with Gasteiger partial charge in [-0.15, -0.1) is 0 Å². The van der Waals surface area contributed by atoms with Crippen LogP contribution >= 0.6 is 0 Å². The molecule has 0 aliphatic carbocycles. The van der Waals surface area contributed by atoms with Gasteiger partial charge < -0.3 is 9.64 Å². The van der Waals surface area contributed by atoms with Crippen molar-refractivity contribution in [1.29, 1.82) is 0 Å². The quantitative estimate of drug-likeness (QED) is 0.718. The number of carbonyl (C=O) groups is 1. The lowest BCUT2D eigenvalue weighted by molar-refractivity contribution is -0.134. The van der Waals surface area contributed by atoms with Gasteiger partial charge in [-0.3, -0.25) is 4.79 Å². The number of nitrogens with zero attached hydrogens (tertiary/aromatic N) is 1. The number of likely N-dealkylation sites (tertiary alicyclic amines) is 1. The Labute approximate surface area is 98.1 Å². The van der Waals surface area contributed by atoms with Crippen molar-refractivity contribution >= 4 is 5.91 Å². The lowest BCUT2D eigenvalue weighted by Crippen LogP contribution is -2.37. The van der Waals surface area contributed by atoms with E-state index in [1.807, 2.05) is 0 Å². The summed E-state index contributed by atoms with van der Waals surface area (Å²) in [5.74, 6) is 1.10. The van der Waals surface area contributed by atoms with Crippen LogP contribution in [0.25, 0.3) is 0 Å². The van der Waals surface area contributed by atoms with Gasteiger partial charge in [0, 0.05) is 19.7 Å². The lowest BCUT2D eigenvalue weighted by atomic mass is 9.78. The van der Waals surface area contributed by atoms with Crippen molar-refractivity contribution < 1.29 is 9.53 Å². The van der Waals surface area contributed by atoms with Crippen LogP contribution in [0.15, 0.2) is 0 Å². The predicted molar refractivity (Wildman–Crippen MR) is 63.1 cm³/mol. The van der Waals surface area contributed by atoms with Crippen molar-refractivity contribution in [2.75, 3.05) is 26.3 Å². The molecule has 0 spiro atoms. The molecule has 0 aromatic heterocycles. The zero-order valence-corrected chi connectivity index (χ0v) is 10.7. The summed E-state index contributed by atoms with van der Waals surface area (Å²) in [5.41, 5.74) is 0.315. The fourth-order valence-electron chi connectivity index (χ4n) is 2.63. The van der Waals surface area contributed by atoms with Crippen molar-refractivity contribution in [3.63, 3.8) is 0 Å². The molecule has 2 aliphatic rings. The first-order valence-electron chi connectivity index (χ1n) is 6.39. The van der Waals surface area contributed by atoms with E-state index in [9.17, 15) is 4.79 Å². The van der Waals surface area contributed by atoms with Crippen molar-refractivity contribution in [3.05, 3.63) is 0 Å². The standard InChI is InChI=1S/C13H23NO2/c1-10(2)13(3)5-6-14(9-13)12(15)11-4-7-16-8-11/h10-11H,4-9H2,1-3H3/t11-,13+/m1/s1. The second-order valence-electron chi connectivity index (χ2n) is 5.88. The number of hydrogen-bond donors (Lipinski definition) is 0. The van der Waals surface area contributed by atoms with Crippen molar-refractivity contribution in [3.8, 4) is 0 Å². The summed E-state index contributed by atoms with van der Waals surface area (Å²) >= 11 is 0. The summed E-state index contributed by atoms with van der Waals surface area (Å²) in [4.78, 5) is 14.3. The minimum atomic E-state index is 0.134. The molecule has 0 bridgehead atoms. The van der Waals surface area contributed by atoms with E-state index >= 15 is 0 Å². The molecule has 0 N–H and O–H groups in total. The zero-order chi connectivity index (χ0) is 11.8. The molecule has 0 aromatic carbocycles. The minimum absolute atomic E-state index is 0.134. The van der Waals surface area contributed by atoms with Gasteiger partial charge >= 0.3 is 0 Å². The maximum absolute atomic E-state index is 12.2. The maximum atomic E-state index is 12.2. The van der Waals surface area contributed by atoms with Crippen molar-refractivity contribution in [2.45, 2.75) is 33.6 Å². The Morgan fingerprint density at radius 2 is 2.25 bits per heavy atom. The summed E-state index contributed by atoms with van der Waals surface area (Å²) in [5, 5.41) is 0. The summed E-state index contributed by atoms with van der Waals surface area (Å²) in [6.45, 7) is 10.1. The molecule has 2 rings (SSSR count). The Morgan fingerprint density at radius 3 is 2.75 bits per heavy atom. The maximum Gasteiger partial charge on any atom is 0.228 e. The van der Waals surface area contributed by atoms with Gasteiger partial charge in [-0.2, -0.15) is 0 Å². The Hall–Kier alpha value is -0.570. The molecule has 92 valence electrons. The normalized spacial score (nSPS) is 35.0. The highest BCUT2D eigenvalue weighted by atomic mass is 16.5. The van der Waals surface area contributed by atoms with Crippen LogP contribution in [0.3, 0.4) is 0 Å². The van der Waals surface area contributed by atoms with E-state index in [0.29, 0.717) is 23.8 Å². The molecule has 0 saturated carbocycles. The molecule has 1 amide bonds. The molecule has 2 saturated heterocycles. The average molecular weight is 225 g/mol. The molecule has 2 aliphatic heterocycles.